The number of hydrogen-bond acceptors (Lipinski definition) is 1. The van der Waals surface area contributed by atoms with E-state index in [1.807, 2.05) is 0 Å². The molecule has 0 spiro atoms. The Balaban J connectivity index is 2.07. The van der Waals surface area contributed by atoms with Gasteiger partial charge >= 0.3 is 0 Å². The van der Waals surface area contributed by atoms with Gasteiger partial charge in [-0.25, -0.2) is 0 Å². The normalized spacial score (nSPS) is 58.8. The molecule has 0 aromatic heterocycles. The zero-order chi connectivity index (χ0) is 7.47. The van der Waals surface area contributed by atoms with Crippen LogP contribution in [-0.2, 0) is 0 Å². The van der Waals surface area contributed by atoms with Gasteiger partial charge in [-0.15, -0.1) is 0 Å². The first-order chi connectivity index (χ1) is 5.33. The molecule has 0 aliphatic heterocycles. The Kier molecular flexibility index (Phi) is 0.972. The van der Waals surface area contributed by atoms with E-state index in [2.05, 4.69) is 12.2 Å². The molecule has 3 rings (SSSR count). The van der Waals surface area contributed by atoms with Crippen molar-refractivity contribution in [3.63, 3.8) is 0 Å². The minimum absolute atomic E-state index is 0.0150. The summed E-state index contributed by atoms with van der Waals surface area (Å²) in [5, 5.41) is 9.84. The lowest BCUT2D eigenvalue weighted by Crippen LogP contribution is -2.30. The maximum Gasteiger partial charge on any atom is 0.0608 e. The lowest BCUT2D eigenvalue weighted by atomic mass is 9.78. The molecule has 1 N–H and O–H groups in total. The van der Waals surface area contributed by atoms with Gasteiger partial charge in [-0.05, 0) is 37.5 Å². The molecule has 2 saturated carbocycles. The van der Waals surface area contributed by atoms with Crippen LogP contribution in [0, 0.1) is 17.3 Å². The van der Waals surface area contributed by atoms with E-state index in [9.17, 15) is 5.11 Å². The van der Waals surface area contributed by atoms with E-state index in [4.69, 9.17) is 0 Å². The van der Waals surface area contributed by atoms with E-state index in [1.165, 1.54) is 12.8 Å². The first-order valence-electron chi connectivity index (χ1n) is 4.68. The van der Waals surface area contributed by atoms with E-state index < -0.39 is 0 Å². The van der Waals surface area contributed by atoms with Crippen LogP contribution in [0.2, 0.25) is 0 Å². The second kappa shape index (κ2) is 1.71. The van der Waals surface area contributed by atoms with Crippen molar-refractivity contribution in [1.29, 1.82) is 0 Å². The Morgan fingerprint density at radius 3 is 3.09 bits per heavy atom. The number of aliphatic hydroxyl groups excluding tert-OH is 1. The summed E-state index contributed by atoms with van der Waals surface area (Å²) in [6.07, 6.45) is 9.52. The minimum atomic E-state index is 0.0150. The lowest BCUT2D eigenvalue weighted by molar-refractivity contribution is 0.0370. The van der Waals surface area contributed by atoms with Crippen molar-refractivity contribution < 1.29 is 5.11 Å². The van der Waals surface area contributed by atoms with Gasteiger partial charge in [0, 0.05) is 5.41 Å². The summed E-state index contributed by atoms with van der Waals surface area (Å²) in [5.74, 6) is 1.57. The molecule has 0 aromatic rings. The Morgan fingerprint density at radius 2 is 2.36 bits per heavy atom. The molecule has 3 aliphatic carbocycles. The van der Waals surface area contributed by atoms with Crippen molar-refractivity contribution in [2.24, 2.45) is 17.3 Å². The zero-order valence-electron chi connectivity index (χ0n) is 6.66. The Bertz CT molecular complexity index is 221. The summed E-state index contributed by atoms with van der Waals surface area (Å²) in [6, 6.07) is 0. The Morgan fingerprint density at radius 1 is 1.45 bits per heavy atom. The third-order valence-electron chi connectivity index (χ3n) is 4.18. The molecule has 60 valence electrons. The smallest absolute Gasteiger partial charge is 0.0608 e. The van der Waals surface area contributed by atoms with Gasteiger partial charge in [0.25, 0.3) is 0 Å². The molecule has 0 amide bonds. The SMILES string of the molecule is OC1CC2CCC13CC=CC23. The number of hydrogen-bond donors (Lipinski definition) is 1. The Hall–Kier alpha value is -0.300. The Labute approximate surface area is 67.1 Å². The molecule has 0 aromatic carbocycles. The molecule has 4 unspecified atom stereocenters. The van der Waals surface area contributed by atoms with Crippen molar-refractivity contribution in [3.8, 4) is 0 Å². The summed E-state index contributed by atoms with van der Waals surface area (Å²) in [7, 11) is 0. The molecule has 2 fully saturated rings. The predicted octanol–water partition coefficient (Wildman–Crippen LogP) is 1.72. The van der Waals surface area contributed by atoms with Crippen LogP contribution < -0.4 is 0 Å². The quantitative estimate of drug-likeness (QED) is 0.521. The summed E-state index contributed by atoms with van der Waals surface area (Å²) in [4.78, 5) is 0. The highest BCUT2D eigenvalue weighted by Crippen LogP contribution is 2.63. The largest absolute Gasteiger partial charge is 0.393 e. The predicted molar refractivity (Wildman–Crippen MR) is 43.0 cm³/mol. The highest BCUT2D eigenvalue weighted by atomic mass is 16.3. The summed E-state index contributed by atoms with van der Waals surface area (Å²) in [5.41, 5.74) is 0.324. The van der Waals surface area contributed by atoms with E-state index in [0.717, 1.165) is 24.7 Å². The molecule has 0 saturated heterocycles. The van der Waals surface area contributed by atoms with Gasteiger partial charge in [-0.1, -0.05) is 12.2 Å². The van der Waals surface area contributed by atoms with Crippen LogP contribution in [0.5, 0.6) is 0 Å². The second-order valence-electron chi connectivity index (χ2n) is 4.44. The van der Waals surface area contributed by atoms with Gasteiger partial charge in [-0.2, -0.15) is 0 Å². The minimum Gasteiger partial charge on any atom is -0.393 e. The summed E-state index contributed by atoms with van der Waals surface area (Å²) >= 11 is 0. The number of aliphatic hydroxyl groups is 1. The third-order valence-corrected chi connectivity index (χ3v) is 4.18. The van der Waals surface area contributed by atoms with E-state index in [-0.39, 0.29) is 6.10 Å². The van der Waals surface area contributed by atoms with Crippen molar-refractivity contribution in [3.05, 3.63) is 12.2 Å². The van der Waals surface area contributed by atoms with Gasteiger partial charge in [0.2, 0.25) is 0 Å². The molecule has 3 aliphatic rings. The molecule has 1 heteroatoms. The highest BCUT2D eigenvalue weighted by molar-refractivity contribution is 5.20. The van der Waals surface area contributed by atoms with E-state index >= 15 is 0 Å². The van der Waals surface area contributed by atoms with Crippen LogP contribution in [-0.4, -0.2) is 11.2 Å². The van der Waals surface area contributed by atoms with Gasteiger partial charge in [-0.3, -0.25) is 0 Å². The van der Waals surface area contributed by atoms with E-state index in [0.29, 0.717) is 5.41 Å². The van der Waals surface area contributed by atoms with Crippen molar-refractivity contribution >= 4 is 0 Å². The number of allylic oxidation sites excluding steroid dienone is 2. The first kappa shape index (κ1) is 6.24. The second-order valence-corrected chi connectivity index (χ2v) is 4.44. The molecular formula is C10H14O. The summed E-state index contributed by atoms with van der Waals surface area (Å²) in [6.45, 7) is 0. The highest BCUT2D eigenvalue weighted by Gasteiger charge is 2.58. The van der Waals surface area contributed by atoms with Crippen LogP contribution in [0.25, 0.3) is 0 Å². The lowest BCUT2D eigenvalue weighted by Gasteiger charge is -2.30. The molecule has 11 heavy (non-hydrogen) atoms. The fraction of sp³-hybridized carbons (Fsp3) is 0.800. The standard InChI is InChI=1S/C10H14O/c11-9-6-7-3-5-10(9)4-1-2-8(7)10/h1-2,7-9,11H,3-6H2. The molecule has 1 nitrogen and oxygen atoms in total. The fourth-order valence-corrected chi connectivity index (χ4v) is 3.60. The van der Waals surface area contributed by atoms with Crippen LogP contribution >= 0.6 is 0 Å². The average Bonchev–Trinajstić information content (AvgIpc) is 2.54. The maximum atomic E-state index is 9.84. The summed E-state index contributed by atoms with van der Waals surface area (Å²) < 4.78 is 0. The zero-order valence-corrected chi connectivity index (χ0v) is 6.66. The van der Waals surface area contributed by atoms with Crippen molar-refractivity contribution in [2.75, 3.05) is 0 Å². The van der Waals surface area contributed by atoms with Crippen LogP contribution in [0.3, 0.4) is 0 Å². The van der Waals surface area contributed by atoms with Crippen LogP contribution in [0.4, 0.5) is 0 Å². The van der Waals surface area contributed by atoms with Crippen molar-refractivity contribution in [1.82, 2.24) is 0 Å². The maximum absolute atomic E-state index is 9.84. The number of rotatable bonds is 0. The van der Waals surface area contributed by atoms with Gasteiger partial charge < -0.3 is 5.11 Å². The third kappa shape index (κ3) is 0.538. The van der Waals surface area contributed by atoms with Gasteiger partial charge in [0.15, 0.2) is 0 Å². The fourth-order valence-electron chi connectivity index (χ4n) is 3.60. The van der Waals surface area contributed by atoms with Crippen molar-refractivity contribution in [2.45, 2.75) is 31.8 Å². The topological polar surface area (TPSA) is 20.2 Å². The van der Waals surface area contributed by atoms with Crippen LogP contribution in [0.1, 0.15) is 25.7 Å². The average molecular weight is 150 g/mol. The molecular weight excluding hydrogens is 136 g/mol. The monoisotopic (exact) mass is 150 g/mol. The first-order valence-corrected chi connectivity index (χ1v) is 4.68. The molecule has 0 heterocycles. The van der Waals surface area contributed by atoms with Crippen LogP contribution in [0.15, 0.2) is 12.2 Å². The van der Waals surface area contributed by atoms with E-state index in [1.54, 1.807) is 0 Å². The van der Waals surface area contributed by atoms with Gasteiger partial charge in [0.1, 0.15) is 0 Å². The molecule has 2 bridgehead atoms. The molecule has 0 radical (unpaired) electrons. The van der Waals surface area contributed by atoms with Gasteiger partial charge in [0.05, 0.1) is 6.10 Å². The molecule has 4 atom stereocenters.